The Labute approximate surface area is 861 Å². The second-order valence-corrected chi connectivity index (χ2v) is 38.7. The number of rotatable bonds is 10. The summed E-state index contributed by atoms with van der Waals surface area (Å²) >= 11 is 0. The molecule has 0 aliphatic heterocycles. The SMILES string of the molecule is c1ccc(-c2cccc3ccc4c5ccccc5ccc4c23)c(-c2nc(-c3cccc4ccccc34)nc(-c3cc4ccccc4c4ccccc34)n2)c1.c1ccc2c(c1)cc(-c1nc(-c3cc4ccccc4c4ccccc34)nc(-c3cc4ccccc4c4ccccc34)n1)c1ccccc12.c1ccc2c(c1)ccc1cc(-c3nc(-c4cc5ccccc5c5ccccc45)nc(-c4cc5ccccc5c5ccccc45)n3)ccc12. The van der Waals surface area contributed by atoms with Gasteiger partial charge in [0.25, 0.3) is 0 Å². The lowest BCUT2D eigenvalue weighted by atomic mass is 9.90. The van der Waals surface area contributed by atoms with E-state index in [0.717, 1.165) is 142 Å². The topological polar surface area (TPSA) is 116 Å². The predicted molar refractivity (Wildman–Crippen MR) is 629 cm³/mol. The molecule has 3 aromatic heterocycles. The van der Waals surface area contributed by atoms with Crippen LogP contribution in [0.1, 0.15) is 0 Å². The van der Waals surface area contributed by atoms with Gasteiger partial charge in [-0.25, -0.2) is 44.9 Å². The summed E-state index contributed by atoms with van der Waals surface area (Å²) in [6.45, 7) is 0. The first-order valence-corrected chi connectivity index (χ1v) is 50.9. The zero-order chi connectivity index (χ0) is 98.8. The molecule has 0 aliphatic rings. The summed E-state index contributed by atoms with van der Waals surface area (Å²) in [5.41, 5.74) is 11.0. The van der Waals surface area contributed by atoms with E-state index in [1.165, 1.54) is 113 Å². The Morgan fingerprint density at radius 2 is 0.273 bits per heavy atom. The molecule has 150 heavy (non-hydrogen) atoms. The quantitative estimate of drug-likeness (QED) is 0.123. The lowest BCUT2D eigenvalue weighted by molar-refractivity contribution is 1.08. The minimum atomic E-state index is 0.637. The molecule has 0 aliphatic carbocycles. The Morgan fingerprint density at radius 1 is 0.0867 bits per heavy atom. The fraction of sp³-hybridized carbons (Fsp3) is 0. The van der Waals surface area contributed by atoms with Crippen LogP contribution in [0, 0.1) is 0 Å². The van der Waals surface area contributed by atoms with Crippen LogP contribution >= 0.6 is 0 Å². The summed E-state index contributed by atoms with van der Waals surface area (Å²) in [5, 5.41) is 42.5. The van der Waals surface area contributed by atoms with Crippen molar-refractivity contribution in [2.45, 2.75) is 0 Å². The predicted octanol–water partition coefficient (Wildman–Crippen LogP) is 37.0. The van der Waals surface area contributed by atoms with Crippen LogP contribution < -0.4 is 0 Å². The average molecular weight is 1910 g/mol. The fourth-order valence-corrected chi connectivity index (χ4v) is 23.2. The van der Waals surface area contributed by atoms with Crippen LogP contribution in [-0.2, 0) is 0 Å². The van der Waals surface area contributed by atoms with Gasteiger partial charge >= 0.3 is 0 Å². The molecule has 31 aromatic rings. The molecule has 0 saturated carbocycles. The molecule has 0 fully saturated rings. The Hall–Kier alpha value is -20.1. The van der Waals surface area contributed by atoms with Gasteiger partial charge in [-0.3, -0.25) is 0 Å². The maximum Gasteiger partial charge on any atom is 0.164 e. The molecular weight excluding hydrogens is 1820 g/mol. The maximum absolute atomic E-state index is 5.38. The van der Waals surface area contributed by atoms with Crippen molar-refractivity contribution in [2.75, 3.05) is 0 Å². The molecule has 28 aromatic carbocycles. The van der Waals surface area contributed by atoms with E-state index < -0.39 is 0 Å². The molecule has 31 rings (SSSR count). The van der Waals surface area contributed by atoms with Crippen LogP contribution in [-0.4, -0.2) is 44.9 Å². The number of hydrogen-bond acceptors (Lipinski definition) is 9. The summed E-state index contributed by atoms with van der Waals surface area (Å²) in [5.74, 6) is 5.88. The third kappa shape index (κ3) is 14.9. The van der Waals surface area contributed by atoms with Crippen LogP contribution in [0.15, 0.2) is 516 Å². The Morgan fingerprint density at radius 3 is 0.627 bits per heavy atom. The highest BCUT2D eigenvalue weighted by atomic mass is 15.1. The Bertz CT molecular complexity index is 10600. The summed E-state index contributed by atoms with van der Waals surface area (Å²) in [7, 11) is 0. The largest absolute Gasteiger partial charge is 0.208 e. The van der Waals surface area contributed by atoms with Crippen LogP contribution in [0.4, 0.5) is 0 Å². The molecule has 9 heteroatoms. The number of hydrogen-bond donors (Lipinski definition) is 0. The van der Waals surface area contributed by atoms with Gasteiger partial charge in [0.05, 0.1) is 0 Å². The number of nitrogens with zero attached hydrogens (tertiary/aromatic N) is 9. The van der Waals surface area contributed by atoms with E-state index in [0.29, 0.717) is 52.4 Å². The highest BCUT2D eigenvalue weighted by Gasteiger charge is 2.27. The lowest BCUT2D eigenvalue weighted by Gasteiger charge is -2.16. The minimum Gasteiger partial charge on any atom is -0.208 e. The Balaban J connectivity index is 0.000000106. The lowest BCUT2D eigenvalue weighted by Crippen LogP contribution is -2.02. The van der Waals surface area contributed by atoms with Gasteiger partial charge in [-0.1, -0.05) is 473 Å². The van der Waals surface area contributed by atoms with E-state index >= 15 is 0 Å². The average Bonchev–Trinajstić information content (AvgIpc) is 0.737. The second kappa shape index (κ2) is 36.0. The third-order valence-electron chi connectivity index (χ3n) is 30.2. The highest BCUT2D eigenvalue weighted by Crippen LogP contribution is 2.48. The first-order valence-electron chi connectivity index (χ1n) is 50.9. The monoisotopic (exact) mass is 1900 g/mol. The zero-order valence-corrected chi connectivity index (χ0v) is 81.1. The third-order valence-corrected chi connectivity index (χ3v) is 30.2. The van der Waals surface area contributed by atoms with Gasteiger partial charge in [0, 0.05) is 50.1 Å². The van der Waals surface area contributed by atoms with Crippen molar-refractivity contribution in [3.05, 3.63) is 516 Å². The molecular formula is C141H85N9. The molecule has 694 valence electrons. The molecule has 3 heterocycles. The minimum absolute atomic E-state index is 0.637. The highest BCUT2D eigenvalue weighted by molar-refractivity contribution is 6.24. The molecule has 9 nitrogen and oxygen atoms in total. The van der Waals surface area contributed by atoms with Gasteiger partial charge in [0.15, 0.2) is 52.4 Å². The normalized spacial score (nSPS) is 11.7. The van der Waals surface area contributed by atoms with Gasteiger partial charge in [0.2, 0.25) is 0 Å². The van der Waals surface area contributed by atoms with E-state index in [2.05, 4.69) is 516 Å². The molecule has 0 spiro atoms. The number of aromatic nitrogens is 9. The summed E-state index contributed by atoms with van der Waals surface area (Å²) in [6, 6.07) is 183. The molecule has 0 bridgehead atoms. The fourth-order valence-electron chi connectivity index (χ4n) is 23.2. The first-order chi connectivity index (χ1) is 74.4. The number of benzene rings is 28. The van der Waals surface area contributed by atoms with Crippen LogP contribution in [0.2, 0.25) is 0 Å². The Kier molecular flexibility index (Phi) is 20.8. The number of fused-ring (bicyclic) bond motifs is 27. The summed E-state index contributed by atoms with van der Waals surface area (Å²) in [4.78, 5) is 47.8. The molecule has 0 amide bonds. The van der Waals surface area contributed by atoms with E-state index in [1.807, 2.05) is 0 Å². The van der Waals surface area contributed by atoms with Crippen molar-refractivity contribution in [3.8, 4) is 114 Å². The second-order valence-electron chi connectivity index (χ2n) is 38.7. The molecule has 0 atom stereocenters. The van der Waals surface area contributed by atoms with Crippen molar-refractivity contribution in [1.82, 2.24) is 44.9 Å². The van der Waals surface area contributed by atoms with Crippen LogP contribution in [0.5, 0.6) is 0 Å². The first kappa shape index (κ1) is 86.5. The van der Waals surface area contributed by atoms with Gasteiger partial charge < -0.3 is 0 Å². The summed E-state index contributed by atoms with van der Waals surface area (Å²) in [6.07, 6.45) is 0. The van der Waals surface area contributed by atoms with E-state index in [1.54, 1.807) is 0 Å². The molecule has 0 unspecified atom stereocenters. The van der Waals surface area contributed by atoms with Crippen molar-refractivity contribution >= 4 is 194 Å². The van der Waals surface area contributed by atoms with E-state index in [4.69, 9.17) is 44.9 Å². The van der Waals surface area contributed by atoms with Crippen LogP contribution in [0.25, 0.3) is 308 Å². The van der Waals surface area contributed by atoms with Gasteiger partial charge in [0.1, 0.15) is 0 Å². The van der Waals surface area contributed by atoms with Crippen molar-refractivity contribution in [2.24, 2.45) is 0 Å². The van der Waals surface area contributed by atoms with Crippen LogP contribution in [0.3, 0.4) is 0 Å². The van der Waals surface area contributed by atoms with Gasteiger partial charge in [-0.05, 0) is 247 Å². The van der Waals surface area contributed by atoms with E-state index in [-0.39, 0.29) is 0 Å². The molecule has 0 radical (unpaired) electrons. The maximum atomic E-state index is 5.38. The zero-order valence-electron chi connectivity index (χ0n) is 81.1. The van der Waals surface area contributed by atoms with E-state index in [9.17, 15) is 0 Å². The van der Waals surface area contributed by atoms with Crippen molar-refractivity contribution < 1.29 is 0 Å². The summed E-state index contributed by atoms with van der Waals surface area (Å²) < 4.78 is 0. The van der Waals surface area contributed by atoms with Crippen molar-refractivity contribution in [3.63, 3.8) is 0 Å². The smallest absolute Gasteiger partial charge is 0.164 e. The standard InChI is InChI=1S/C51H31N3.2C45H27N3/c1-5-19-37-32(13-1)16-11-26-45(37)49-52-50(54-51(53-49)47-31-35-15-3-6-20-38(35)39-21-7-8-22-40(39)47)46-24-10-9-23-41(46)43-25-12-17-34-28-29-42-36-18-4-2-14-33(36)27-30-44(42)48(34)43;1-4-16-31-28(13-1)25-40(37-22-10-7-19-34(31)37)43-46-44(41-26-29-14-2-5-17-32(29)35-20-8-11-23-38(35)41)48-45(47-43)42-27-30-15-3-6-18-33(30)36-21-9-12-24-39(36)42;1-4-14-33-28(11-1)21-22-31-25-32(23-24-36(31)33)43-46-44(41-26-29-12-2-5-15-34(29)37-17-7-9-19-39(37)41)48-45(47-43)42-27-30-13-3-6-16-35(30)38-18-8-10-20-40(38)42/h1-31H;2*1-27H. The van der Waals surface area contributed by atoms with Crippen molar-refractivity contribution in [1.29, 1.82) is 0 Å². The van der Waals surface area contributed by atoms with Gasteiger partial charge in [-0.2, -0.15) is 0 Å². The molecule has 0 saturated heterocycles. The molecule has 0 N–H and O–H groups in total. The van der Waals surface area contributed by atoms with Gasteiger partial charge in [-0.15, -0.1) is 0 Å².